The zero-order chi connectivity index (χ0) is 16.0. The summed E-state index contributed by atoms with van der Waals surface area (Å²) in [7, 11) is 1.53. The first-order valence-corrected chi connectivity index (χ1v) is 8.34. The van der Waals surface area contributed by atoms with Crippen molar-refractivity contribution in [1.29, 1.82) is 0 Å². The zero-order valence-corrected chi connectivity index (χ0v) is 14.2. The van der Waals surface area contributed by atoms with Crippen molar-refractivity contribution in [3.8, 4) is 0 Å². The maximum atomic E-state index is 11.4. The SMILES string of the molecule is CC=C(C)CN1CCC2(CCC(CNC(=O)COC)O2)CC1. The van der Waals surface area contributed by atoms with Crippen molar-refractivity contribution >= 4 is 5.91 Å². The van der Waals surface area contributed by atoms with Gasteiger partial charge in [-0.25, -0.2) is 0 Å². The second kappa shape index (κ2) is 8.09. The molecule has 2 aliphatic rings. The van der Waals surface area contributed by atoms with E-state index < -0.39 is 0 Å². The van der Waals surface area contributed by atoms with Crippen LogP contribution in [0.2, 0.25) is 0 Å². The summed E-state index contributed by atoms with van der Waals surface area (Å²) >= 11 is 0. The third-order valence-electron chi connectivity index (χ3n) is 4.87. The summed E-state index contributed by atoms with van der Waals surface area (Å²) in [5.41, 5.74) is 1.48. The molecule has 1 amide bonds. The quantitative estimate of drug-likeness (QED) is 0.759. The lowest BCUT2D eigenvalue weighted by atomic mass is 9.88. The Hall–Kier alpha value is -0.910. The van der Waals surface area contributed by atoms with Crippen LogP contribution in [0.4, 0.5) is 0 Å². The Bertz CT molecular complexity index is 401. The Morgan fingerprint density at radius 1 is 1.41 bits per heavy atom. The summed E-state index contributed by atoms with van der Waals surface area (Å²) < 4.78 is 11.1. The Kier molecular flexibility index (Phi) is 6.41. The molecule has 2 saturated heterocycles. The Labute approximate surface area is 134 Å². The molecule has 0 aromatic carbocycles. The van der Waals surface area contributed by atoms with Gasteiger partial charge in [-0.05, 0) is 39.5 Å². The van der Waals surface area contributed by atoms with Crippen molar-refractivity contribution in [2.24, 2.45) is 0 Å². The molecule has 2 heterocycles. The van der Waals surface area contributed by atoms with Crippen molar-refractivity contribution in [3.05, 3.63) is 11.6 Å². The lowest BCUT2D eigenvalue weighted by Crippen LogP contribution is -2.45. The second-order valence-corrected chi connectivity index (χ2v) is 6.61. The molecule has 2 rings (SSSR count). The fourth-order valence-corrected chi connectivity index (χ4v) is 3.38. The Morgan fingerprint density at radius 3 is 2.77 bits per heavy atom. The molecule has 126 valence electrons. The van der Waals surface area contributed by atoms with E-state index in [0.717, 1.165) is 45.3 Å². The Morgan fingerprint density at radius 2 is 2.14 bits per heavy atom. The van der Waals surface area contributed by atoms with E-state index in [1.165, 1.54) is 12.7 Å². The average molecular weight is 310 g/mol. The summed E-state index contributed by atoms with van der Waals surface area (Å²) in [5, 5.41) is 2.88. The van der Waals surface area contributed by atoms with Gasteiger partial charge in [-0.2, -0.15) is 0 Å². The monoisotopic (exact) mass is 310 g/mol. The van der Waals surface area contributed by atoms with Crippen molar-refractivity contribution in [2.45, 2.75) is 51.2 Å². The van der Waals surface area contributed by atoms with Gasteiger partial charge in [0.2, 0.25) is 5.91 Å². The number of carbonyl (C=O) groups is 1. The van der Waals surface area contributed by atoms with Crippen molar-refractivity contribution in [2.75, 3.05) is 39.9 Å². The van der Waals surface area contributed by atoms with E-state index in [-0.39, 0.29) is 24.2 Å². The van der Waals surface area contributed by atoms with Crippen LogP contribution in [0.3, 0.4) is 0 Å². The van der Waals surface area contributed by atoms with Gasteiger partial charge in [-0.15, -0.1) is 0 Å². The number of piperidine rings is 1. The van der Waals surface area contributed by atoms with Gasteiger partial charge >= 0.3 is 0 Å². The molecule has 0 radical (unpaired) electrons. The van der Waals surface area contributed by atoms with Gasteiger partial charge < -0.3 is 14.8 Å². The second-order valence-electron chi connectivity index (χ2n) is 6.61. The first-order chi connectivity index (χ1) is 10.6. The molecular weight excluding hydrogens is 280 g/mol. The van der Waals surface area contributed by atoms with Gasteiger partial charge in [0.25, 0.3) is 0 Å². The zero-order valence-electron chi connectivity index (χ0n) is 14.2. The van der Waals surface area contributed by atoms with E-state index in [1.807, 2.05) is 0 Å². The molecule has 0 saturated carbocycles. The fourth-order valence-electron chi connectivity index (χ4n) is 3.38. The molecule has 2 fully saturated rings. The topological polar surface area (TPSA) is 50.8 Å². The number of likely N-dealkylation sites (tertiary alicyclic amines) is 1. The predicted molar refractivity (Wildman–Crippen MR) is 86.8 cm³/mol. The number of amides is 1. The highest BCUT2D eigenvalue weighted by molar-refractivity contribution is 5.77. The van der Waals surface area contributed by atoms with Crippen molar-refractivity contribution in [1.82, 2.24) is 10.2 Å². The van der Waals surface area contributed by atoms with Crippen LogP contribution in [0.5, 0.6) is 0 Å². The first-order valence-electron chi connectivity index (χ1n) is 8.34. The molecule has 22 heavy (non-hydrogen) atoms. The van der Waals surface area contributed by atoms with Crippen LogP contribution >= 0.6 is 0 Å². The predicted octanol–water partition coefficient (Wildman–Crippen LogP) is 1.73. The molecule has 1 atom stereocenters. The third-order valence-corrected chi connectivity index (χ3v) is 4.87. The number of hydrogen-bond acceptors (Lipinski definition) is 4. The number of nitrogens with zero attached hydrogens (tertiary/aromatic N) is 1. The minimum atomic E-state index is -0.0660. The first kappa shape index (κ1) is 17.4. The van der Waals surface area contributed by atoms with E-state index >= 15 is 0 Å². The molecule has 0 aliphatic carbocycles. The van der Waals surface area contributed by atoms with E-state index in [1.54, 1.807) is 0 Å². The smallest absolute Gasteiger partial charge is 0.246 e. The third kappa shape index (κ3) is 4.80. The van der Waals surface area contributed by atoms with Crippen LogP contribution in [0, 0.1) is 0 Å². The highest BCUT2D eigenvalue weighted by Gasteiger charge is 2.42. The van der Waals surface area contributed by atoms with Crippen LogP contribution in [-0.4, -0.2) is 62.4 Å². The number of methoxy groups -OCH3 is 1. The normalized spacial score (nSPS) is 25.6. The van der Waals surface area contributed by atoms with Gasteiger partial charge in [-0.1, -0.05) is 11.6 Å². The van der Waals surface area contributed by atoms with Crippen LogP contribution in [0.15, 0.2) is 11.6 Å². The summed E-state index contributed by atoms with van der Waals surface area (Å²) in [6, 6.07) is 0. The number of allylic oxidation sites excluding steroid dienone is 1. The van der Waals surface area contributed by atoms with Gasteiger partial charge in [0.05, 0.1) is 11.7 Å². The molecule has 5 nitrogen and oxygen atoms in total. The standard InChI is InChI=1S/C17H30N2O3/c1-4-14(2)12-19-9-7-17(8-10-19)6-5-15(22-17)11-18-16(20)13-21-3/h4,15H,5-13H2,1-3H3,(H,18,20). The number of ether oxygens (including phenoxy) is 2. The lowest BCUT2D eigenvalue weighted by molar-refractivity contribution is -0.126. The summed E-state index contributed by atoms with van der Waals surface area (Å²) in [5.74, 6) is -0.0660. The molecule has 0 aromatic heterocycles. The van der Waals surface area contributed by atoms with Crippen molar-refractivity contribution < 1.29 is 14.3 Å². The molecule has 1 spiro atoms. The summed E-state index contributed by atoms with van der Waals surface area (Å²) in [6.07, 6.45) is 6.72. The molecule has 2 aliphatic heterocycles. The van der Waals surface area contributed by atoms with Gasteiger partial charge in [-0.3, -0.25) is 9.69 Å². The van der Waals surface area contributed by atoms with E-state index in [4.69, 9.17) is 9.47 Å². The summed E-state index contributed by atoms with van der Waals surface area (Å²) in [6.45, 7) is 8.30. The number of rotatable bonds is 6. The minimum Gasteiger partial charge on any atom is -0.375 e. The average Bonchev–Trinajstić information content (AvgIpc) is 2.91. The maximum Gasteiger partial charge on any atom is 0.246 e. The minimum absolute atomic E-state index is 0.0526. The number of hydrogen-bond donors (Lipinski definition) is 1. The number of carbonyl (C=O) groups excluding carboxylic acids is 1. The largest absolute Gasteiger partial charge is 0.375 e. The van der Waals surface area contributed by atoms with Crippen LogP contribution in [-0.2, 0) is 14.3 Å². The fraction of sp³-hybridized carbons (Fsp3) is 0.824. The van der Waals surface area contributed by atoms with Gasteiger partial charge in [0, 0.05) is 33.3 Å². The Balaban J connectivity index is 1.73. The van der Waals surface area contributed by atoms with Crippen LogP contribution < -0.4 is 5.32 Å². The molecule has 1 unspecified atom stereocenters. The van der Waals surface area contributed by atoms with Crippen molar-refractivity contribution in [3.63, 3.8) is 0 Å². The van der Waals surface area contributed by atoms with Gasteiger partial charge in [0.1, 0.15) is 6.61 Å². The van der Waals surface area contributed by atoms with E-state index in [2.05, 4.69) is 30.1 Å². The molecular formula is C17H30N2O3. The van der Waals surface area contributed by atoms with E-state index in [0.29, 0.717) is 6.54 Å². The molecule has 0 bridgehead atoms. The lowest BCUT2D eigenvalue weighted by Gasteiger charge is -2.39. The van der Waals surface area contributed by atoms with Gasteiger partial charge in [0.15, 0.2) is 0 Å². The molecule has 1 N–H and O–H groups in total. The molecule has 0 aromatic rings. The maximum absolute atomic E-state index is 11.4. The van der Waals surface area contributed by atoms with Crippen LogP contribution in [0.1, 0.15) is 39.5 Å². The molecule has 5 heteroatoms. The highest BCUT2D eigenvalue weighted by atomic mass is 16.5. The summed E-state index contributed by atoms with van der Waals surface area (Å²) in [4.78, 5) is 13.9. The van der Waals surface area contributed by atoms with Crippen LogP contribution in [0.25, 0.3) is 0 Å². The number of nitrogens with one attached hydrogen (secondary N) is 1. The highest BCUT2D eigenvalue weighted by Crippen LogP contribution is 2.38. The van der Waals surface area contributed by atoms with E-state index in [9.17, 15) is 4.79 Å².